The van der Waals surface area contributed by atoms with Crippen LogP contribution in [0, 0.1) is 11.7 Å². The molecule has 0 aromatic heterocycles. The minimum Gasteiger partial charge on any atom is -0.481 e. The van der Waals surface area contributed by atoms with E-state index in [1.54, 1.807) is 6.92 Å². The molecule has 0 radical (unpaired) electrons. The number of rotatable bonds is 2. The van der Waals surface area contributed by atoms with Crippen molar-refractivity contribution < 1.29 is 19.1 Å². The van der Waals surface area contributed by atoms with Crippen molar-refractivity contribution in [3.05, 3.63) is 29.0 Å². The zero-order valence-electron chi connectivity index (χ0n) is 11.5. The maximum Gasteiger partial charge on any atom is 0.322 e. The number of hydrogen-bond donors (Lipinski definition) is 2. The van der Waals surface area contributed by atoms with Crippen LogP contribution in [0.4, 0.5) is 14.9 Å². The van der Waals surface area contributed by atoms with Crippen LogP contribution in [0.3, 0.4) is 0 Å². The van der Waals surface area contributed by atoms with Gasteiger partial charge in [0.15, 0.2) is 0 Å². The number of carboxylic acids is 1. The molecular weight excluding hydrogens is 299 g/mol. The van der Waals surface area contributed by atoms with E-state index in [1.807, 2.05) is 0 Å². The van der Waals surface area contributed by atoms with Gasteiger partial charge >= 0.3 is 12.0 Å². The number of hydrogen-bond acceptors (Lipinski definition) is 2. The topological polar surface area (TPSA) is 69.6 Å². The number of halogens is 2. The normalized spacial score (nSPS) is 22.0. The maximum absolute atomic E-state index is 13.6. The molecule has 2 unspecified atom stereocenters. The Hall–Kier alpha value is -1.82. The van der Waals surface area contributed by atoms with Crippen LogP contribution in [0.15, 0.2) is 18.2 Å². The first kappa shape index (κ1) is 15.6. The van der Waals surface area contributed by atoms with E-state index in [-0.39, 0.29) is 11.7 Å². The summed E-state index contributed by atoms with van der Waals surface area (Å²) in [6.45, 7) is 2.11. The molecule has 1 aliphatic rings. The Morgan fingerprint density at radius 3 is 2.81 bits per heavy atom. The highest BCUT2D eigenvalue weighted by Gasteiger charge is 2.32. The molecule has 0 saturated carbocycles. The predicted octanol–water partition coefficient (Wildman–Crippen LogP) is 3.20. The lowest BCUT2D eigenvalue weighted by Crippen LogP contribution is -2.47. The lowest BCUT2D eigenvalue weighted by atomic mass is 9.92. The molecule has 1 aromatic rings. The number of piperidine rings is 1. The summed E-state index contributed by atoms with van der Waals surface area (Å²) in [5, 5.41) is 11.8. The van der Waals surface area contributed by atoms with Gasteiger partial charge in [-0.15, -0.1) is 0 Å². The van der Waals surface area contributed by atoms with Crippen molar-refractivity contribution in [3.63, 3.8) is 0 Å². The van der Waals surface area contributed by atoms with Crippen LogP contribution in [0.25, 0.3) is 0 Å². The Morgan fingerprint density at radius 2 is 2.19 bits per heavy atom. The number of nitrogens with zero attached hydrogens (tertiary/aromatic N) is 1. The quantitative estimate of drug-likeness (QED) is 0.880. The van der Waals surface area contributed by atoms with Gasteiger partial charge in [0.05, 0.1) is 11.6 Å². The van der Waals surface area contributed by atoms with E-state index < -0.39 is 23.7 Å². The molecule has 2 rings (SSSR count). The van der Waals surface area contributed by atoms with Gasteiger partial charge in [0.1, 0.15) is 5.82 Å². The zero-order valence-corrected chi connectivity index (χ0v) is 12.2. The third-order valence-corrected chi connectivity index (χ3v) is 3.89. The monoisotopic (exact) mass is 314 g/mol. The summed E-state index contributed by atoms with van der Waals surface area (Å²) in [5.41, 5.74) is 0.0139. The second kappa shape index (κ2) is 6.30. The third-order valence-electron chi connectivity index (χ3n) is 3.66. The van der Waals surface area contributed by atoms with E-state index in [4.69, 9.17) is 16.7 Å². The standard InChI is InChI=1S/C14H16ClFN2O3/c1-8-6-9(13(19)20)4-5-18(8)14(21)17-12-7-10(15)2-3-11(12)16/h2-3,7-9H,4-6H2,1H3,(H,17,21)(H,19,20). The van der Waals surface area contributed by atoms with Gasteiger partial charge in [0.2, 0.25) is 0 Å². The van der Waals surface area contributed by atoms with Crippen molar-refractivity contribution in [2.45, 2.75) is 25.8 Å². The van der Waals surface area contributed by atoms with E-state index in [0.29, 0.717) is 24.4 Å². The van der Waals surface area contributed by atoms with Crippen LogP contribution in [0.5, 0.6) is 0 Å². The molecule has 1 saturated heterocycles. The number of benzene rings is 1. The Balaban J connectivity index is 2.04. The molecule has 2 amide bonds. The molecule has 1 fully saturated rings. The number of carbonyl (C=O) groups excluding carboxylic acids is 1. The number of aliphatic carboxylic acids is 1. The Morgan fingerprint density at radius 1 is 1.48 bits per heavy atom. The summed E-state index contributed by atoms with van der Waals surface area (Å²) in [6, 6.07) is 3.24. The third kappa shape index (κ3) is 3.64. The van der Waals surface area contributed by atoms with Crippen molar-refractivity contribution >= 4 is 29.3 Å². The molecule has 2 atom stereocenters. The Kier molecular flexibility index (Phi) is 4.67. The molecule has 1 aliphatic heterocycles. The molecule has 5 nitrogen and oxygen atoms in total. The van der Waals surface area contributed by atoms with Crippen LogP contribution in [-0.4, -0.2) is 34.6 Å². The van der Waals surface area contributed by atoms with Crippen LogP contribution >= 0.6 is 11.6 Å². The van der Waals surface area contributed by atoms with Gasteiger partial charge < -0.3 is 15.3 Å². The van der Waals surface area contributed by atoms with Crippen molar-refractivity contribution in [2.75, 3.05) is 11.9 Å². The average molecular weight is 315 g/mol. The average Bonchev–Trinajstić information content (AvgIpc) is 2.42. The zero-order chi connectivity index (χ0) is 15.6. The van der Waals surface area contributed by atoms with Crippen LogP contribution in [-0.2, 0) is 4.79 Å². The van der Waals surface area contributed by atoms with E-state index in [1.165, 1.54) is 23.1 Å². The summed E-state index contributed by atoms with van der Waals surface area (Å²) in [6.07, 6.45) is 0.784. The second-order valence-electron chi connectivity index (χ2n) is 5.16. The first-order chi connectivity index (χ1) is 9.88. The molecule has 0 bridgehead atoms. The molecule has 1 aromatic carbocycles. The minimum atomic E-state index is -0.845. The maximum atomic E-state index is 13.6. The van der Waals surface area contributed by atoms with Crippen LogP contribution in [0.2, 0.25) is 5.02 Å². The Labute approximate surface area is 126 Å². The number of urea groups is 1. The van der Waals surface area contributed by atoms with Gasteiger partial charge in [-0.25, -0.2) is 9.18 Å². The predicted molar refractivity (Wildman–Crippen MR) is 77.0 cm³/mol. The minimum absolute atomic E-state index is 0.0139. The number of carbonyl (C=O) groups is 2. The fraction of sp³-hybridized carbons (Fsp3) is 0.429. The fourth-order valence-corrected chi connectivity index (χ4v) is 2.65. The van der Waals surface area contributed by atoms with Crippen LogP contribution in [0.1, 0.15) is 19.8 Å². The molecule has 0 spiro atoms. The SMILES string of the molecule is CC1CC(C(=O)O)CCN1C(=O)Nc1cc(Cl)ccc1F. The van der Waals surface area contributed by atoms with E-state index in [2.05, 4.69) is 5.32 Å². The van der Waals surface area contributed by atoms with Gasteiger partial charge in [0, 0.05) is 17.6 Å². The highest BCUT2D eigenvalue weighted by molar-refractivity contribution is 6.30. The number of likely N-dealkylation sites (tertiary alicyclic amines) is 1. The lowest BCUT2D eigenvalue weighted by Gasteiger charge is -2.36. The molecular formula is C14H16ClFN2O3. The van der Waals surface area contributed by atoms with E-state index in [9.17, 15) is 14.0 Å². The van der Waals surface area contributed by atoms with Gasteiger partial charge in [-0.2, -0.15) is 0 Å². The summed E-state index contributed by atoms with van der Waals surface area (Å²) in [4.78, 5) is 24.7. The van der Waals surface area contributed by atoms with Gasteiger partial charge in [0.25, 0.3) is 0 Å². The van der Waals surface area contributed by atoms with E-state index in [0.717, 1.165) is 0 Å². The first-order valence-corrected chi connectivity index (χ1v) is 7.01. The molecule has 1 heterocycles. The largest absolute Gasteiger partial charge is 0.481 e. The number of nitrogens with one attached hydrogen (secondary N) is 1. The number of anilines is 1. The molecule has 21 heavy (non-hydrogen) atoms. The van der Waals surface area contributed by atoms with E-state index >= 15 is 0 Å². The van der Waals surface area contributed by atoms with Gasteiger partial charge in [-0.05, 0) is 38.0 Å². The van der Waals surface area contributed by atoms with Crippen molar-refractivity contribution in [3.8, 4) is 0 Å². The highest BCUT2D eigenvalue weighted by Crippen LogP contribution is 2.25. The second-order valence-corrected chi connectivity index (χ2v) is 5.59. The smallest absolute Gasteiger partial charge is 0.322 e. The number of amides is 2. The molecule has 2 N–H and O–H groups in total. The number of carboxylic acid groups (broad SMARTS) is 1. The lowest BCUT2D eigenvalue weighted by molar-refractivity contribution is -0.143. The fourth-order valence-electron chi connectivity index (χ4n) is 2.48. The summed E-state index contributed by atoms with van der Waals surface area (Å²) >= 11 is 5.77. The van der Waals surface area contributed by atoms with Crippen LogP contribution < -0.4 is 5.32 Å². The molecule has 0 aliphatic carbocycles. The Bertz CT molecular complexity index is 567. The highest BCUT2D eigenvalue weighted by atomic mass is 35.5. The molecule has 7 heteroatoms. The van der Waals surface area contributed by atoms with Gasteiger partial charge in [-0.3, -0.25) is 4.79 Å². The van der Waals surface area contributed by atoms with Crippen molar-refractivity contribution in [1.29, 1.82) is 0 Å². The van der Waals surface area contributed by atoms with Crippen molar-refractivity contribution in [2.24, 2.45) is 5.92 Å². The summed E-state index contributed by atoms with van der Waals surface area (Å²) in [5.74, 6) is -1.85. The van der Waals surface area contributed by atoms with Gasteiger partial charge in [-0.1, -0.05) is 11.6 Å². The van der Waals surface area contributed by atoms with Crippen molar-refractivity contribution in [1.82, 2.24) is 4.90 Å². The summed E-state index contributed by atoms with van der Waals surface area (Å²) in [7, 11) is 0. The summed E-state index contributed by atoms with van der Waals surface area (Å²) < 4.78 is 13.6. The first-order valence-electron chi connectivity index (χ1n) is 6.64. The molecule has 114 valence electrons.